The first kappa shape index (κ1) is 13.4. The molecule has 90 valence electrons. The van der Waals surface area contributed by atoms with Gasteiger partial charge < -0.3 is 5.32 Å². The van der Waals surface area contributed by atoms with Crippen molar-refractivity contribution in [3.05, 3.63) is 24.3 Å². The molecule has 5 heteroatoms. The minimum Gasteiger partial charge on any atom is -0.384 e. The summed E-state index contributed by atoms with van der Waals surface area (Å²) >= 11 is 1.77. The Balaban J connectivity index is 2.68. The van der Waals surface area contributed by atoms with Gasteiger partial charge in [0.2, 0.25) is 0 Å². The minimum absolute atomic E-state index is 0.145. The lowest BCUT2D eigenvalue weighted by Gasteiger charge is -2.06. The van der Waals surface area contributed by atoms with Crippen molar-refractivity contribution >= 4 is 27.3 Å². The lowest BCUT2D eigenvalue weighted by molar-refractivity contribution is 0.597. The third kappa shape index (κ3) is 3.72. The summed E-state index contributed by atoms with van der Waals surface area (Å²) in [5.74, 6) is 1.18. The average Bonchev–Trinajstić information content (AvgIpc) is 2.30. The molecule has 0 fully saturated rings. The van der Waals surface area contributed by atoms with E-state index in [1.807, 2.05) is 12.1 Å². The third-order valence-electron chi connectivity index (χ3n) is 2.23. The first-order valence-corrected chi connectivity index (χ1v) is 8.20. The highest BCUT2D eigenvalue weighted by atomic mass is 32.2. The second-order valence-corrected chi connectivity index (χ2v) is 6.61. The van der Waals surface area contributed by atoms with Crippen LogP contribution in [0.1, 0.15) is 6.92 Å². The van der Waals surface area contributed by atoms with Crippen molar-refractivity contribution in [3.63, 3.8) is 0 Å². The predicted octanol–water partition coefficient (Wildman–Crippen LogP) is 2.26. The molecule has 1 rings (SSSR count). The van der Waals surface area contributed by atoms with Gasteiger partial charge in [-0.2, -0.15) is 11.8 Å². The van der Waals surface area contributed by atoms with E-state index in [9.17, 15) is 8.42 Å². The monoisotopic (exact) mass is 259 g/mol. The predicted molar refractivity (Wildman–Crippen MR) is 71.0 cm³/mol. The zero-order chi connectivity index (χ0) is 12.0. The second kappa shape index (κ2) is 6.15. The number of hydrogen-bond acceptors (Lipinski definition) is 4. The molecule has 16 heavy (non-hydrogen) atoms. The maximum atomic E-state index is 11.5. The smallest absolute Gasteiger partial charge is 0.178 e. The third-order valence-corrected chi connectivity index (χ3v) is 4.59. The quantitative estimate of drug-likeness (QED) is 0.796. The van der Waals surface area contributed by atoms with E-state index in [4.69, 9.17) is 0 Å². The molecule has 1 aromatic rings. The molecule has 3 nitrogen and oxygen atoms in total. The molecule has 0 radical (unpaired) electrons. The highest BCUT2D eigenvalue weighted by Crippen LogP contribution is 2.15. The molecule has 0 amide bonds. The van der Waals surface area contributed by atoms with Crippen LogP contribution in [0, 0.1) is 0 Å². The minimum atomic E-state index is -3.07. The zero-order valence-electron chi connectivity index (χ0n) is 9.56. The SMILES string of the molecule is CCS(=O)(=O)c1ccc(NCCSC)cc1. The van der Waals surface area contributed by atoms with Crippen molar-refractivity contribution in [2.75, 3.05) is 29.6 Å². The van der Waals surface area contributed by atoms with Crippen molar-refractivity contribution in [2.24, 2.45) is 0 Å². The Morgan fingerprint density at radius 2 is 1.88 bits per heavy atom. The number of sulfone groups is 1. The van der Waals surface area contributed by atoms with Gasteiger partial charge in [0.1, 0.15) is 0 Å². The van der Waals surface area contributed by atoms with E-state index in [1.165, 1.54) is 0 Å². The lowest BCUT2D eigenvalue weighted by Crippen LogP contribution is -2.05. The molecule has 0 saturated heterocycles. The summed E-state index contributed by atoms with van der Waals surface area (Å²) in [6, 6.07) is 6.92. The number of thioether (sulfide) groups is 1. The van der Waals surface area contributed by atoms with Gasteiger partial charge in [0.25, 0.3) is 0 Å². The van der Waals surface area contributed by atoms with E-state index in [0.717, 1.165) is 18.0 Å². The van der Waals surface area contributed by atoms with E-state index in [1.54, 1.807) is 30.8 Å². The molecular weight excluding hydrogens is 242 g/mol. The summed E-state index contributed by atoms with van der Waals surface area (Å²) in [7, 11) is -3.07. The van der Waals surface area contributed by atoms with Crippen molar-refractivity contribution in [1.82, 2.24) is 0 Å². The summed E-state index contributed by atoms with van der Waals surface area (Å²) in [4.78, 5) is 0.394. The van der Waals surface area contributed by atoms with Crippen molar-refractivity contribution in [1.29, 1.82) is 0 Å². The topological polar surface area (TPSA) is 46.2 Å². The van der Waals surface area contributed by atoms with Gasteiger partial charge in [0, 0.05) is 18.0 Å². The standard InChI is InChI=1S/C11H17NO2S2/c1-3-16(13,14)11-6-4-10(5-7-11)12-8-9-15-2/h4-7,12H,3,8-9H2,1-2H3. The van der Waals surface area contributed by atoms with Gasteiger partial charge in [0.05, 0.1) is 10.6 Å². The molecular formula is C11H17NO2S2. The van der Waals surface area contributed by atoms with Crippen LogP contribution in [0.15, 0.2) is 29.2 Å². The van der Waals surface area contributed by atoms with Crippen molar-refractivity contribution in [3.8, 4) is 0 Å². The number of nitrogens with one attached hydrogen (secondary N) is 1. The Bertz CT molecular complexity index is 412. The van der Waals surface area contributed by atoms with Crippen LogP contribution in [0.25, 0.3) is 0 Å². The zero-order valence-corrected chi connectivity index (χ0v) is 11.2. The van der Waals surface area contributed by atoms with Crippen LogP contribution in [0.4, 0.5) is 5.69 Å². The summed E-state index contributed by atoms with van der Waals surface area (Å²) < 4.78 is 23.1. The number of anilines is 1. The van der Waals surface area contributed by atoms with E-state index in [2.05, 4.69) is 11.6 Å². The highest BCUT2D eigenvalue weighted by Gasteiger charge is 2.10. The maximum absolute atomic E-state index is 11.5. The average molecular weight is 259 g/mol. The van der Waals surface area contributed by atoms with Gasteiger partial charge in [0.15, 0.2) is 9.84 Å². The summed E-state index contributed by atoms with van der Waals surface area (Å²) in [6.07, 6.45) is 2.05. The summed E-state index contributed by atoms with van der Waals surface area (Å²) in [5.41, 5.74) is 0.962. The van der Waals surface area contributed by atoms with E-state index >= 15 is 0 Å². The number of hydrogen-bond donors (Lipinski definition) is 1. The molecule has 0 bridgehead atoms. The first-order chi connectivity index (χ1) is 7.60. The van der Waals surface area contributed by atoms with E-state index in [0.29, 0.717) is 4.90 Å². The first-order valence-electron chi connectivity index (χ1n) is 5.16. The molecule has 0 aliphatic rings. The van der Waals surface area contributed by atoms with Crippen LogP contribution in [-0.2, 0) is 9.84 Å². The summed E-state index contributed by atoms with van der Waals surface area (Å²) in [5, 5.41) is 3.23. The van der Waals surface area contributed by atoms with Crippen LogP contribution in [-0.4, -0.2) is 32.7 Å². The molecule has 0 aromatic heterocycles. The number of benzene rings is 1. The van der Waals surface area contributed by atoms with E-state index in [-0.39, 0.29) is 5.75 Å². The molecule has 0 spiro atoms. The molecule has 0 saturated carbocycles. The van der Waals surface area contributed by atoms with Crippen LogP contribution in [0.5, 0.6) is 0 Å². The molecule has 1 aromatic carbocycles. The molecule has 0 unspecified atom stereocenters. The molecule has 0 heterocycles. The lowest BCUT2D eigenvalue weighted by atomic mass is 10.3. The molecule has 1 N–H and O–H groups in total. The van der Waals surface area contributed by atoms with E-state index < -0.39 is 9.84 Å². The Hall–Kier alpha value is -0.680. The Labute approximate surface area is 102 Å². The van der Waals surface area contributed by atoms with Gasteiger partial charge in [-0.25, -0.2) is 8.42 Å². The van der Waals surface area contributed by atoms with Crippen molar-refractivity contribution in [2.45, 2.75) is 11.8 Å². The Morgan fingerprint density at radius 1 is 1.25 bits per heavy atom. The van der Waals surface area contributed by atoms with Crippen molar-refractivity contribution < 1.29 is 8.42 Å². The van der Waals surface area contributed by atoms with Gasteiger partial charge in [-0.3, -0.25) is 0 Å². The van der Waals surface area contributed by atoms with Crippen LogP contribution < -0.4 is 5.32 Å². The van der Waals surface area contributed by atoms with Crippen LogP contribution in [0.3, 0.4) is 0 Å². The maximum Gasteiger partial charge on any atom is 0.178 e. The summed E-state index contributed by atoms with van der Waals surface area (Å²) in [6.45, 7) is 2.54. The normalized spacial score (nSPS) is 11.4. The highest BCUT2D eigenvalue weighted by molar-refractivity contribution is 7.98. The Morgan fingerprint density at radius 3 is 2.38 bits per heavy atom. The van der Waals surface area contributed by atoms with Gasteiger partial charge in [-0.1, -0.05) is 6.92 Å². The van der Waals surface area contributed by atoms with Gasteiger partial charge >= 0.3 is 0 Å². The van der Waals surface area contributed by atoms with Crippen LogP contribution in [0.2, 0.25) is 0 Å². The fourth-order valence-electron chi connectivity index (χ4n) is 1.24. The van der Waals surface area contributed by atoms with Gasteiger partial charge in [-0.05, 0) is 30.5 Å². The largest absolute Gasteiger partial charge is 0.384 e. The Kier molecular flexibility index (Phi) is 5.15. The second-order valence-electron chi connectivity index (χ2n) is 3.35. The molecule has 0 atom stereocenters. The van der Waals surface area contributed by atoms with Crippen LogP contribution >= 0.6 is 11.8 Å². The fraction of sp³-hybridized carbons (Fsp3) is 0.455. The van der Waals surface area contributed by atoms with Gasteiger partial charge in [-0.15, -0.1) is 0 Å². The fourth-order valence-corrected chi connectivity index (χ4v) is 2.43. The number of rotatable bonds is 6. The molecule has 0 aliphatic carbocycles. The molecule has 0 aliphatic heterocycles.